The van der Waals surface area contributed by atoms with Crippen molar-refractivity contribution in [2.45, 2.75) is 31.8 Å². The molecule has 0 saturated heterocycles. The summed E-state index contributed by atoms with van der Waals surface area (Å²) in [5.41, 5.74) is 0.510. The van der Waals surface area contributed by atoms with E-state index in [4.69, 9.17) is 19.1 Å². The SMILES string of the molecule is COc1cccc(-c2cc(C(=O)O)no2)c1OC1CCCC1. The largest absolute Gasteiger partial charge is 0.493 e. The molecule has 1 aliphatic rings. The molecule has 1 saturated carbocycles. The predicted molar refractivity (Wildman–Crippen MR) is 78.3 cm³/mol. The van der Waals surface area contributed by atoms with Crippen LogP contribution in [0.25, 0.3) is 11.3 Å². The van der Waals surface area contributed by atoms with Crippen LogP contribution >= 0.6 is 0 Å². The van der Waals surface area contributed by atoms with Crippen molar-refractivity contribution in [1.82, 2.24) is 5.16 Å². The number of carboxylic acid groups (broad SMARTS) is 1. The Morgan fingerprint density at radius 2 is 2.14 bits per heavy atom. The van der Waals surface area contributed by atoms with Gasteiger partial charge in [0, 0.05) is 6.07 Å². The third-order valence-corrected chi connectivity index (χ3v) is 3.78. The highest BCUT2D eigenvalue weighted by molar-refractivity contribution is 5.87. The molecule has 0 radical (unpaired) electrons. The van der Waals surface area contributed by atoms with Crippen molar-refractivity contribution < 1.29 is 23.9 Å². The van der Waals surface area contributed by atoms with Crippen molar-refractivity contribution in [3.05, 3.63) is 30.0 Å². The number of methoxy groups -OCH3 is 1. The van der Waals surface area contributed by atoms with Gasteiger partial charge in [-0.15, -0.1) is 0 Å². The third-order valence-electron chi connectivity index (χ3n) is 3.78. The molecular weight excluding hydrogens is 286 g/mol. The molecule has 116 valence electrons. The zero-order valence-corrected chi connectivity index (χ0v) is 12.2. The molecular formula is C16H17NO5. The van der Waals surface area contributed by atoms with Crippen LogP contribution in [0.15, 0.2) is 28.8 Å². The maximum Gasteiger partial charge on any atom is 0.358 e. The molecule has 22 heavy (non-hydrogen) atoms. The summed E-state index contributed by atoms with van der Waals surface area (Å²) < 4.78 is 16.6. The molecule has 0 aliphatic heterocycles. The second kappa shape index (κ2) is 6.09. The third kappa shape index (κ3) is 2.77. The highest BCUT2D eigenvalue weighted by Gasteiger charge is 2.23. The minimum absolute atomic E-state index is 0.135. The van der Waals surface area contributed by atoms with Crippen LogP contribution in [-0.2, 0) is 0 Å². The number of hydrogen-bond acceptors (Lipinski definition) is 5. The van der Waals surface area contributed by atoms with E-state index in [0.717, 1.165) is 25.7 Å². The zero-order valence-electron chi connectivity index (χ0n) is 12.2. The molecule has 6 nitrogen and oxygen atoms in total. The van der Waals surface area contributed by atoms with Gasteiger partial charge in [0.05, 0.1) is 18.8 Å². The lowest BCUT2D eigenvalue weighted by molar-refractivity contribution is 0.0686. The van der Waals surface area contributed by atoms with E-state index in [2.05, 4.69) is 5.16 Å². The topological polar surface area (TPSA) is 81.8 Å². The lowest BCUT2D eigenvalue weighted by Crippen LogP contribution is -2.12. The van der Waals surface area contributed by atoms with Gasteiger partial charge in [-0.1, -0.05) is 11.2 Å². The molecule has 0 unspecified atom stereocenters. The Morgan fingerprint density at radius 1 is 1.36 bits per heavy atom. The smallest absolute Gasteiger partial charge is 0.358 e. The van der Waals surface area contributed by atoms with Crippen LogP contribution in [0.1, 0.15) is 36.2 Å². The highest BCUT2D eigenvalue weighted by Crippen LogP contribution is 2.40. The Labute approximate surface area is 127 Å². The van der Waals surface area contributed by atoms with E-state index in [9.17, 15) is 4.79 Å². The Morgan fingerprint density at radius 3 is 2.77 bits per heavy atom. The number of ether oxygens (including phenoxy) is 2. The summed E-state index contributed by atoms with van der Waals surface area (Å²) in [6.45, 7) is 0. The van der Waals surface area contributed by atoms with Gasteiger partial charge in [-0.25, -0.2) is 4.79 Å². The number of benzene rings is 1. The molecule has 0 spiro atoms. The average molecular weight is 303 g/mol. The van der Waals surface area contributed by atoms with Gasteiger partial charge in [0.25, 0.3) is 0 Å². The van der Waals surface area contributed by atoms with Crippen LogP contribution in [0.5, 0.6) is 11.5 Å². The van der Waals surface area contributed by atoms with Crippen molar-refractivity contribution >= 4 is 5.97 Å². The first-order valence-corrected chi connectivity index (χ1v) is 7.23. The quantitative estimate of drug-likeness (QED) is 0.912. The molecule has 0 amide bonds. The molecule has 3 rings (SSSR count). The normalized spacial score (nSPS) is 15.0. The van der Waals surface area contributed by atoms with Gasteiger partial charge in [0.1, 0.15) is 0 Å². The average Bonchev–Trinajstić information content (AvgIpc) is 3.18. The van der Waals surface area contributed by atoms with Crippen molar-refractivity contribution in [3.63, 3.8) is 0 Å². The minimum Gasteiger partial charge on any atom is -0.493 e. The Hall–Kier alpha value is -2.50. The highest BCUT2D eigenvalue weighted by atomic mass is 16.5. The number of nitrogens with zero attached hydrogens (tertiary/aromatic N) is 1. The minimum atomic E-state index is -1.13. The maximum absolute atomic E-state index is 11.0. The van der Waals surface area contributed by atoms with Crippen molar-refractivity contribution in [2.24, 2.45) is 0 Å². The van der Waals surface area contributed by atoms with Gasteiger partial charge in [-0.05, 0) is 37.8 Å². The van der Waals surface area contributed by atoms with Crippen molar-refractivity contribution in [3.8, 4) is 22.8 Å². The summed E-state index contributed by atoms with van der Waals surface area (Å²) in [6.07, 6.45) is 4.47. The van der Waals surface area contributed by atoms with Gasteiger partial charge >= 0.3 is 5.97 Å². The van der Waals surface area contributed by atoms with E-state index in [1.165, 1.54) is 6.07 Å². The molecule has 0 bridgehead atoms. The molecule has 6 heteroatoms. The summed E-state index contributed by atoms with van der Waals surface area (Å²) in [7, 11) is 1.57. The van der Waals surface area contributed by atoms with Crippen molar-refractivity contribution in [2.75, 3.05) is 7.11 Å². The van der Waals surface area contributed by atoms with Gasteiger partial charge in [0.15, 0.2) is 23.0 Å². The summed E-state index contributed by atoms with van der Waals surface area (Å²) in [6, 6.07) is 6.80. The van der Waals surface area contributed by atoms with E-state index in [1.54, 1.807) is 19.2 Å². The number of carboxylic acids is 1. The fraction of sp³-hybridized carbons (Fsp3) is 0.375. The second-order valence-electron chi connectivity index (χ2n) is 5.24. The zero-order chi connectivity index (χ0) is 15.5. The van der Waals surface area contributed by atoms with Gasteiger partial charge in [-0.3, -0.25) is 0 Å². The lowest BCUT2D eigenvalue weighted by atomic mass is 10.1. The lowest BCUT2D eigenvalue weighted by Gasteiger charge is -2.18. The molecule has 1 aromatic carbocycles. The second-order valence-corrected chi connectivity index (χ2v) is 5.24. The standard InChI is InChI=1S/C16H17NO5/c1-20-13-8-4-7-11(14-9-12(16(18)19)17-22-14)15(13)21-10-5-2-3-6-10/h4,7-10H,2-3,5-6H2,1H3,(H,18,19). The van der Waals surface area contributed by atoms with Crippen molar-refractivity contribution in [1.29, 1.82) is 0 Å². The summed E-state index contributed by atoms with van der Waals surface area (Å²) >= 11 is 0. The molecule has 1 fully saturated rings. The first-order valence-electron chi connectivity index (χ1n) is 7.23. The van der Waals surface area contributed by atoms with E-state index >= 15 is 0 Å². The fourth-order valence-electron chi connectivity index (χ4n) is 2.67. The van der Waals surface area contributed by atoms with Gasteiger partial charge in [0.2, 0.25) is 0 Å². The van der Waals surface area contributed by atoms with Gasteiger partial charge in [-0.2, -0.15) is 0 Å². The van der Waals surface area contributed by atoms with Crippen LogP contribution in [0.2, 0.25) is 0 Å². The van der Waals surface area contributed by atoms with E-state index in [1.807, 2.05) is 6.07 Å². The van der Waals surface area contributed by atoms with Crippen LogP contribution in [0, 0.1) is 0 Å². The molecule has 2 aromatic rings. The van der Waals surface area contributed by atoms with Crippen LogP contribution in [0.4, 0.5) is 0 Å². The van der Waals surface area contributed by atoms with Crippen LogP contribution in [0.3, 0.4) is 0 Å². The Balaban J connectivity index is 1.99. The Kier molecular flexibility index (Phi) is 4.00. The van der Waals surface area contributed by atoms with E-state index < -0.39 is 5.97 Å². The van der Waals surface area contributed by atoms with Gasteiger partial charge < -0.3 is 19.1 Å². The number of hydrogen-bond donors (Lipinski definition) is 1. The Bertz CT molecular complexity index is 673. The molecule has 1 heterocycles. The summed E-state index contributed by atoms with van der Waals surface area (Å²) in [5.74, 6) is 0.392. The fourth-order valence-corrected chi connectivity index (χ4v) is 2.67. The number of rotatable bonds is 5. The van der Waals surface area contributed by atoms with Crippen LogP contribution < -0.4 is 9.47 Å². The summed E-state index contributed by atoms with van der Waals surface area (Å²) in [4.78, 5) is 11.0. The van der Waals surface area contributed by atoms with E-state index in [-0.39, 0.29) is 11.8 Å². The summed E-state index contributed by atoms with van der Waals surface area (Å²) in [5, 5.41) is 12.5. The molecule has 1 aromatic heterocycles. The molecule has 1 N–H and O–H groups in total. The predicted octanol–water partition coefficient (Wildman–Crippen LogP) is 3.37. The number of aromatic carboxylic acids is 1. The molecule has 1 aliphatic carbocycles. The first-order chi connectivity index (χ1) is 10.7. The maximum atomic E-state index is 11.0. The number of aromatic nitrogens is 1. The van der Waals surface area contributed by atoms with Crippen LogP contribution in [-0.4, -0.2) is 29.4 Å². The first kappa shape index (κ1) is 14.4. The van der Waals surface area contributed by atoms with E-state index in [0.29, 0.717) is 22.8 Å². The number of carbonyl (C=O) groups is 1. The monoisotopic (exact) mass is 303 g/mol. The molecule has 0 atom stereocenters. The number of para-hydroxylation sites is 1.